The SMILES string of the molecule is CC(Nc1ccc(F)c(F)c1)c1ccc(Cl)cc1. The zero-order valence-corrected chi connectivity index (χ0v) is 10.5. The van der Waals surface area contributed by atoms with Gasteiger partial charge in [0.1, 0.15) is 0 Å². The van der Waals surface area contributed by atoms with Gasteiger partial charge in [-0.05, 0) is 36.8 Å². The molecule has 1 nitrogen and oxygen atoms in total. The Kier molecular flexibility index (Phi) is 3.82. The van der Waals surface area contributed by atoms with E-state index in [2.05, 4.69) is 5.32 Å². The monoisotopic (exact) mass is 267 g/mol. The van der Waals surface area contributed by atoms with Crippen LogP contribution < -0.4 is 5.32 Å². The molecule has 94 valence electrons. The first-order chi connectivity index (χ1) is 8.56. The standard InChI is InChI=1S/C14H12ClF2N/c1-9(10-2-4-11(15)5-3-10)18-12-6-7-13(16)14(17)8-12/h2-9,18H,1H3. The van der Waals surface area contributed by atoms with Gasteiger partial charge in [0.2, 0.25) is 0 Å². The molecule has 0 bridgehead atoms. The third-order valence-electron chi connectivity index (χ3n) is 2.67. The largest absolute Gasteiger partial charge is 0.378 e. The van der Waals surface area contributed by atoms with Crippen molar-refractivity contribution >= 4 is 17.3 Å². The summed E-state index contributed by atoms with van der Waals surface area (Å²) < 4.78 is 25.8. The normalized spacial score (nSPS) is 12.2. The minimum absolute atomic E-state index is 0.0212. The van der Waals surface area contributed by atoms with E-state index in [1.165, 1.54) is 6.07 Å². The molecule has 0 fully saturated rings. The number of hydrogen-bond donors (Lipinski definition) is 1. The van der Waals surface area contributed by atoms with Crippen LogP contribution in [0, 0.1) is 11.6 Å². The van der Waals surface area contributed by atoms with Gasteiger partial charge in [-0.1, -0.05) is 23.7 Å². The number of anilines is 1. The zero-order chi connectivity index (χ0) is 13.1. The highest BCUT2D eigenvalue weighted by Crippen LogP contribution is 2.22. The van der Waals surface area contributed by atoms with E-state index < -0.39 is 11.6 Å². The summed E-state index contributed by atoms with van der Waals surface area (Å²) in [6.45, 7) is 1.94. The summed E-state index contributed by atoms with van der Waals surface area (Å²) in [7, 11) is 0. The third-order valence-corrected chi connectivity index (χ3v) is 2.92. The van der Waals surface area contributed by atoms with E-state index in [0.717, 1.165) is 17.7 Å². The molecule has 0 aliphatic rings. The van der Waals surface area contributed by atoms with Crippen molar-refractivity contribution in [3.05, 3.63) is 64.7 Å². The topological polar surface area (TPSA) is 12.0 Å². The van der Waals surface area contributed by atoms with Gasteiger partial charge in [0.25, 0.3) is 0 Å². The molecule has 4 heteroatoms. The van der Waals surface area contributed by atoms with Crippen molar-refractivity contribution in [3.8, 4) is 0 Å². The summed E-state index contributed by atoms with van der Waals surface area (Å²) >= 11 is 5.80. The Morgan fingerprint density at radius 1 is 1.00 bits per heavy atom. The predicted octanol–water partition coefficient (Wildman–Crippen LogP) is 4.79. The predicted molar refractivity (Wildman–Crippen MR) is 69.8 cm³/mol. The van der Waals surface area contributed by atoms with Crippen LogP contribution in [0.3, 0.4) is 0 Å². The lowest BCUT2D eigenvalue weighted by atomic mass is 10.1. The molecule has 0 radical (unpaired) electrons. The molecular formula is C14H12ClF2N. The second-order valence-electron chi connectivity index (χ2n) is 4.05. The summed E-state index contributed by atoms with van der Waals surface area (Å²) in [6, 6.07) is 11.1. The van der Waals surface area contributed by atoms with Crippen molar-refractivity contribution in [1.29, 1.82) is 0 Å². The van der Waals surface area contributed by atoms with Gasteiger partial charge in [-0.2, -0.15) is 0 Å². The summed E-state index contributed by atoms with van der Waals surface area (Å²) in [5.41, 5.74) is 1.56. The van der Waals surface area contributed by atoms with Crippen molar-refractivity contribution in [3.63, 3.8) is 0 Å². The van der Waals surface area contributed by atoms with Crippen LogP contribution in [0.2, 0.25) is 5.02 Å². The van der Waals surface area contributed by atoms with E-state index in [-0.39, 0.29) is 6.04 Å². The highest BCUT2D eigenvalue weighted by molar-refractivity contribution is 6.30. The van der Waals surface area contributed by atoms with Gasteiger partial charge in [-0.3, -0.25) is 0 Å². The minimum Gasteiger partial charge on any atom is -0.378 e. The molecule has 0 spiro atoms. The highest BCUT2D eigenvalue weighted by atomic mass is 35.5. The minimum atomic E-state index is -0.858. The first-order valence-electron chi connectivity index (χ1n) is 5.53. The number of benzene rings is 2. The molecule has 1 N–H and O–H groups in total. The molecule has 1 atom stereocenters. The molecule has 2 rings (SSSR count). The van der Waals surface area contributed by atoms with Crippen LogP contribution >= 0.6 is 11.6 Å². The number of halogens is 3. The number of hydrogen-bond acceptors (Lipinski definition) is 1. The van der Waals surface area contributed by atoms with Crippen molar-refractivity contribution in [2.75, 3.05) is 5.32 Å². The Labute approximate surface area is 109 Å². The molecule has 0 amide bonds. The maximum atomic E-state index is 13.1. The molecule has 0 saturated carbocycles. The van der Waals surface area contributed by atoms with Crippen molar-refractivity contribution in [2.45, 2.75) is 13.0 Å². The van der Waals surface area contributed by atoms with Gasteiger partial charge < -0.3 is 5.32 Å². The molecule has 0 heterocycles. The first-order valence-corrected chi connectivity index (χ1v) is 5.91. The fourth-order valence-corrected chi connectivity index (χ4v) is 1.80. The highest BCUT2D eigenvalue weighted by Gasteiger charge is 2.07. The zero-order valence-electron chi connectivity index (χ0n) is 9.75. The quantitative estimate of drug-likeness (QED) is 0.843. The van der Waals surface area contributed by atoms with Crippen molar-refractivity contribution < 1.29 is 8.78 Å². The van der Waals surface area contributed by atoms with E-state index in [9.17, 15) is 8.78 Å². The maximum absolute atomic E-state index is 13.1. The first kappa shape index (κ1) is 12.8. The smallest absolute Gasteiger partial charge is 0.160 e. The van der Waals surface area contributed by atoms with Crippen LogP contribution in [-0.4, -0.2) is 0 Å². The average Bonchev–Trinajstić information content (AvgIpc) is 2.34. The van der Waals surface area contributed by atoms with Crippen LogP contribution in [0.15, 0.2) is 42.5 Å². The fraction of sp³-hybridized carbons (Fsp3) is 0.143. The molecule has 0 aromatic heterocycles. The Hall–Kier alpha value is -1.61. The lowest BCUT2D eigenvalue weighted by molar-refractivity contribution is 0.509. The van der Waals surface area contributed by atoms with E-state index in [4.69, 9.17) is 11.6 Å². The molecule has 18 heavy (non-hydrogen) atoms. The van der Waals surface area contributed by atoms with Crippen LogP contribution in [-0.2, 0) is 0 Å². The van der Waals surface area contributed by atoms with Crippen LogP contribution in [0.4, 0.5) is 14.5 Å². The van der Waals surface area contributed by atoms with Gasteiger partial charge in [0, 0.05) is 22.8 Å². The van der Waals surface area contributed by atoms with Crippen molar-refractivity contribution in [1.82, 2.24) is 0 Å². The molecule has 2 aromatic rings. The summed E-state index contributed by atoms with van der Waals surface area (Å²) in [6.07, 6.45) is 0. The van der Waals surface area contributed by atoms with Crippen molar-refractivity contribution in [2.24, 2.45) is 0 Å². The maximum Gasteiger partial charge on any atom is 0.160 e. The van der Waals surface area contributed by atoms with E-state index >= 15 is 0 Å². The van der Waals surface area contributed by atoms with Gasteiger partial charge in [-0.15, -0.1) is 0 Å². The number of rotatable bonds is 3. The lowest BCUT2D eigenvalue weighted by Gasteiger charge is -2.15. The second-order valence-corrected chi connectivity index (χ2v) is 4.48. The van der Waals surface area contributed by atoms with Crippen LogP contribution in [0.1, 0.15) is 18.5 Å². The molecule has 0 saturated heterocycles. The Morgan fingerprint density at radius 3 is 2.28 bits per heavy atom. The van der Waals surface area contributed by atoms with E-state index in [1.807, 2.05) is 19.1 Å². The molecule has 1 unspecified atom stereocenters. The Bertz CT molecular complexity index is 540. The van der Waals surface area contributed by atoms with Gasteiger partial charge in [-0.25, -0.2) is 8.78 Å². The van der Waals surface area contributed by atoms with Gasteiger partial charge >= 0.3 is 0 Å². The van der Waals surface area contributed by atoms with Crippen LogP contribution in [0.5, 0.6) is 0 Å². The second kappa shape index (κ2) is 5.36. The summed E-state index contributed by atoms with van der Waals surface area (Å²) in [4.78, 5) is 0. The molecule has 2 aromatic carbocycles. The summed E-state index contributed by atoms with van der Waals surface area (Å²) in [5, 5.41) is 3.76. The van der Waals surface area contributed by atoms with Gasteiger partial charge in [0.05, 0.1) is 0 Å². The number of nitrogens with one attached hydrogen (secondary N) is 1. The molecular weight excluding hydrogens is 256 g/mol. The Morgan fingerprint density at radius 2 is 1.67 bits per heavy atom. The lowest BCUT2D eigenvalue weighted by Crippen LogP contribution is -2.06. The average molecular weight is 268 g/mol. The van der Waals surface area contributed by atoms with E-state index in [1.54, 1.807) is 12.1 Å². The van der Waals surface area contributed by atoms with Gasteiger partial charge in [0.15, 0.2) is 11.6 Å². The Balaban J connectivity index is 2.13. The summed E-state index contributed by atoms with van der Waals surface area (Å²) in [5.74, 6) is -1.71. The fourth-order valence-electron chi connectivity index (χ4n) is 1.67. The molecule has 0 aliphatic heterocycles. The molecule has 0 aliphatic carbocycles. The van der Waals surface area contributed by atoms with Crippen LogP contribution in [0.25, 0.3) is 0 Å². The third kappa shape index (κ3) is 2.99. The van der Waals surface area contributed by atoms with E-state index in [0.29, 0.717) is 10.7 Å².